The minimum absolute atomic E-state index is 0.0729. The molecule has 1 atom stereocenters. The van der Waals surface area contributed by atoms with Crippen LogP contribution in [0.1, 0.15) is 31.5 Å². The molecular formula is C17H19ClN4O4. The molecule has 0 radical (unpaired) electrons. The number of carbonyl (C=O) groups excluding carboxylic acids is 1. The van der Waals surface area contributed by atoms with Gasteiger partial charge in [0, 0.05) is 24.5 Å². The zero-order chi connectivity index (χ0) is 18.8. The van der Waals surface area contributed by atoms with Crippen molar-refractivity contribution in [2.45, 2.75) is 25.7 Å². The molecule has 0 aliphatic heterocycles. The van der Waals surface area contributed by atoms with Gasteiger partial charge in [-0.05, 0) is 31.0 Å². The van der Waals surface area contributed by atoms with Crippen molar-refractivity contribution >= 4 is 29.3 Å². The molecule has 3 rings (SSSR count). The lowest BCUT2D eigenvalue weighted by Gasteiger charge is -2.20. The first-order chi connectivity index (χ1) is 12.3. The summed E-state index contributed by atoms with van der Waals surface area (Å²) in [6.45, 7) is 1.61. The molecule has 1 aliphatic carbocycles. The van der Waals surface area contributed by atoms with Gasteiger partial charge in [-0.15, -0.1) is 0 Å². The molecule has 1 unspecified atom stereocenters. The number of hydrogen-bond acceptors (Lipinski definition) is 5. The number of carboxylic acids is 1. The number of urea groups is 1. The molecule has 9 heteroatoms. The molecule has 1 saturated carbocycles. The third-order valence-electron chi connectivity index (χ3n) is 4.15. The normalized spacial score (nSPS) is 14.7. The van der Waals surface area contributed by atoms with Gasteiger partial charge in [0.1, 0.15) is 0 Å². The van der Waals surface area contributed by atoms with Crippen LogP contribution in [0.3, 0.4) is 0 Å². The summed E-state index contributed by atoms with van der Waals surface area (Å²) in [5.41, 5.74) is 0.977. The number of anilines is 1. The average molecular weight is 379 g/mol. The summed E-state index contributed by atoms with van der Waals surface area (Å²) in [6, 6.07) is 4.50. The lowest BCUT2D eigenvalue weighted by atomic mass is 10.1. The Balaban J connectivity index is 1.79. The van der Waals surface area contributed by atoms with Crippen LogP contribution in [-0.2, 0) is 4.79 Å². The summed E-state index contributed by atoms with van der Waals surface area (Å²) < 4.78 is 5.32. The van der Waals surface area contributed by atoms with Gasteiger partial charge >= 0.3 is 12.0 Å². The third-order valence-corrected chi connectivity index (χ3v) is 4.39. The quantitative estimate of drug-likeness (QED) is 0.796. The van der Waals surface area contributed by atoms with Crippen LogP contribution in [0, 0.1) is 5.92 Å². The number of carboxylic acid groups (broad SMARTS) is 1. The molecule has 0 bridgehead atoms. The molecule has 1 fully saturated rings. The van der Waals surface area contributed by atoms with Crippen molar-refractivity contribution in [3.05, 3.63) is 29.0 Å². The maximum atomic E-state index is 12.4. The van der Waals surface area contributed by atoms with Crippen molar-refractivity contribution in [2.75, 3.05) is 18.9 Å². The van der Waals surface area contributed by atoms with E-state index in [1.807, 2.05) is 0 Å². The molecule has 2 N–H and O–H groups in total. The number of aliphatic carboxylic acids is 1. The lowest BCUT2D eigenvalue weighted by molar-refractivity contribution is -0.141. The van der Waals surface area contributed by atoms with Gasteiger partial charge in [0.05, 0.1) is 17.2 Å². The molecule has 26 heavy (non-hydrogen) atoms. The Morgan fingerprint density at radius 3 is 2.85 bits per heavy atom. The number of carbonyl (C=O) groups is 2. The molecule has 2 amide bonds. The van der Waals surface area contributed by atoms with E-state index in [9.17, 15) is 9.59 Å². The zero-order valence-electron chi connectivity index (χ0n) is 14.4. The first-order valence-corrected chi connectivity index (χ1v) is 8.61. The summed E-state index contributed by atoms with van der Waals surface area (Å²) in [7, 11) is 1.52. The van der Waals surface area contributed by atoms with Gasteiger partial charge in [-0.1, -0.05) is 23.7 Å². The Labute approximate surface area is 155 Å². The predicted octanol–water partition coefficient (Wildman–Crippen LogP) is 3.45. The molecule has 0 spiro atoms. The minimum Gasteiger partial charge on any atom is -0.481 e. The van der Waals surface area contributed by atoms with Crippen molar-refractivity contribution in [1.29, 1.82) is 0 Å². The first-order valence-electron chi connectivity index (χ1n) is 8.23. The van der Waals surface area contributed by atoms with Crippen LogP contribution in [0.15, 0.2) is 22.7 Å². The summed E-state index contributed by atoms with van der Waals surface area (Å²) in [6.07, 6.45) is 2.10. The monoisotopic (exact) mass is 378 g/mol. The van der Waals surface area contributed by atoms with E-state index < -0.39 is 17.9 Å². The topological polar surface area (TPSA) is 109 Å². The van der Waals surface area contributed by atoms with Gasteiger partial charge in [-0.2, -0.15) is 4.98 Å². The van der Waals surface area contributed by atoms with Crippen LogP contribution >= 0.6 is 11.6 Å². The fraction of sp³-hybridized carbons (Fsp3) is 0.412. The van der Waals surface area contributed by atoms with E-state index in [0.29, 0.717) is 33.9 Å². The van der Waals surface area contributed by atoms with Gasteiger partial charge in [-0.25, -0.2) is 4.79 Å². The maximum absolute atomic E-state index is 12.4. The number of nitrogens with one attached hydrogen (secondary N) is 1. The molecule has 2 aromatic rings. The number of halogens is 1. The predicted molar refractivity (Wildman–Crippen MR) is 95.2 cm³/mol. The van der Waals surface area contributed by atoms with Gasteiger partial charge in [-0.3, -0.25) is 4.79 Å². The highest BCUT2D eigenvalue weighted by molar-refractivity contribution is 6.31. The van der Waals surface area contributed by atoms with E-state index in [0.717, 1.165) is 12.8 Å². The molecule has 1 aliphatic rings. The van der Waals surface area contributed by atoms with Crippen LogP contribution < -0.4 is 5.32 Å². The number of nitrogens with zero attached hydrogens (tertiary/aromatic N) is 3. The number of amides is 2. The number of aromatic nitrogens is 2. The molecular weight excluding hydrogens is 360 g/mol. The second kappa shape index (κ2) is 7.33. The van der Waals surface area contributed by atoms with E-state index in [2.05, 4.69) is 15.5 Å². The maximum Gasteiger partial charge on any atom is 0.321 e. The molecule has 1 heterocycles. The Morgan fingerprint density at radius 1 is 1.46 bits per heavy atom. The number of benzene rings is 1. The fourth-order valence-corrected chi connectivity index (χ4v) is 2.61. The Hall–Kier alpha value is -2.61. The zero-order valence-corrected chi connectivity index (χ0v) is 15.2. The standard InChI is InChI=1S/C17H19ClN4O4/c1-9(16(23)24)8-22(2)17(25)19-13-7-11(18)5-6-12(13)15-20-14(21-26-15)10-3-4-10/h5-7,9-10H,3-4,8H2,1-2H3,(H,19,25)(H,23,24). The smallest absolute Gasteiger partial charge is 0.321 e. The highest BCUT2D eigenvalue weighted by atomic mass is 35.5. The van der Waals surface area contributed by atoms with E-state index >= 15 is 0 Å². The molecule has 1 aromatic heterocycles. The van der Waals surface area contributed by atoms with Crippen LogP contribution in [0.5, 0.6) is 0 Å². The van der Waals surface area contributed by atoms with Crippen molar-refractivity contribution in [3.8, 4) is 11.5 Å². The summed E-state index contributed by atoms with van der Waals surface area (Å²) in [5, 5.41) is 16.1. The van der Waals surface area contributed by atoms with E-state index in [1.165, 1.54) is 18.9 Å². The van der Waals surface area contributed by atoms with E-state index in [-0.39, 0.29) is 6.54 Å². The van der Waals surface area contributed by atoms with Crippen LogP contribution in [0.25, 0.3) is 11.5 Å². The molecule has 8 nitrogen and oxygen atoms in total. The van der Waals surface area contributed by atoms with Crippen molar-refractivity contribution in [3.63, 3.8) is 0 Å². The fourth-order valence-electron chi connectivity index (χ4n) is 2.44. The molecule has 1 aromatic carbocycles. The van der Waals surface area contributed by atoms with Crippen LogP contribution in [0.2, 0.25) is 5.02 Å². The average Bonchev–Trinajstić information content (AvgIpc) is 3.32. The van der Waals surface area contributed by atoms with Crippen molar-refractivity contribution in [2.24, 2.45) is 5.92 Å². The van der Waals surface area contributed by atoms with Gasteiger partial charge in [0.25, 0.3) is 5.89 Å². The van der Waals surface area contributed by atoms with Gasteiger partial charge < -0.3 is 19.8 Å². The second-order valence-electron chi connectivity index (χ2n) is 6.47. The van der Waals surface area contributed by atoms with E-state index in [1.54, 1.807) is 18.2 Å². The van der Waals surface area contributed by atoms with Crippen molar-refractivity contribution in [1.82, 2.24) is 15.0 Å². The highest BCUT2D eigenvalue weighted by Gasteiger charge is 2.29. The number of hydrogen-bond donors (Lipinski definition) is 2. The third kappa shape index (κ3) is 4.13. The van der Waals surface area contributed by atoms with Crippen LogP contribution in [-0.4, -0.2) is 45.7 Å². The summed E-state index contributed by atoms with van der Waals surface area (Å²) in [5.74, 6) is -0.324. The molecule has 138 valence electrons. The van der Waals surface area contributed by atoms with Crippen LogP contribution in [0.4, 0.5) is 10.5 Å². The second-order valence-corrected chi connectivity index (χ2v) is 6.91. The minimum atomic E-state index is -0.966. The lowest BCUT2D eigenvalue weighted by Crippen LogP contribution is -2.36. The SMILES string of the molecule is CC(CN(C)C(=O)Nc1cc(Cl)ccc1-c1nc(C2CC2)no1)C(=O)O. The largest absolute Gasteiger partial charge is 0.481 e. The Bertz CT molecular complexity index is 834. The summed E-state index contributed by atoms with van der Waals surface area (Å²) in [4.78, 5) is 29.1. The van der Waals surface area contributed by atoms with Gasteiger partial charge in [0.15, 0.2) is 5.82 Å². The summed E-state index contributed by atoms with van der Waals surface area (Å²) >= 11 is 6.05. The Morgan fingerprint density at radius 2 is 2.19 bits per heavy atom. The highest BCUT2D eigenvalue weighted by Crippen LogP contribution is 2.39. The number of rotatable bonds is 6. The Kier molecular flexibility index (Phi) is 5.13. The van der Waals surface area contributed by atoms with E-state index in [4.69, 9.17) is 21.2 Å². The van der Waals surface area contributed by atoms with Gasteiger partial charge in [0.2, 0.25) is 0 Å². The first kappa shape index (κ1) is 18.2. The molecule has 0 saturated heterocycles. The van der Waals surface area contributed by atoms with Crippen molar-refractivity contribution < 1.29 is 19.2 Å².